The summed E-state index contributed by atoms with van der Waals surface area (Å²) < 4.78 is 70.9. The van der Waals surface area contributed by atoms with Gasteiger partial charge in [-0.2, -0.15) is 13.9 Å². The van der Waals surface area contributed by atoms with Crippen LogP contribution in [0.4, 0.5) is 27.8 Å². The van der Waals surface area contributed by atoms with Crippen LogP contribution in [-0.4, -0.2) is 16.4 Å². The third-order valence-corrected chi connectivity index (χ3v) is 2.40. The zero-order valence-electron chi connectivity index (χ0n) is 9.84. The van der Waals surface area contributed by atoms with Crippen LogP contribution in [0, 0.1) is 29.1 Å². The lowest BCUT2D eigenvalue weighted by Crippen LogP contribution is -2.12. The standard InChI is InChI=1S/C11H8F5N3O/c12-6-7(13)9(15)11(10(16)8(6)14)20-4-3-19-2-1-5(17)18-19/h1-2H,3-4H2,(H2,17,18). The van der Waals surface area contributed by atoms with E-state index in [0.29, 0.717) is 0 Å². The molecule has 108 valence electrons. The van der Waals surface area contributed by atoms with Crippen LogP contribution in [0.2, 0.25) is 0 Å². The third kappa shape index (κ3) is 2.51. The molecular weight excluding hydrogens is 285 g/mol. The van der Waals surface area contributed by atoms with Crippen LogP contribution in [0.1, 0.15) is 0 Å². The van der Waals surface area contributed by atoms with Crippen LogP contribution in [0.25, 0.3) is 0 Å². The Morgan fingerprint density at radius 3 is 2.05 bits per heavy atom. The Morgan fingerprint density at radius 1 is 1.00 bits per heavy atom. The third-order valence-electron chi connectivity index (χ3n) is 2.40. The van der Waals surface area contributed by atoms with Crippen molar-refractivity contribution in [1.82, 2.24) is 9.78 Å². The van der Waals surface area contributed by atoms with Gasteiger partial charge in [-0.3, -0.25) is 4.68 Å². The Hall–Kier alpha value is -2.32. The lowest BCUT2D eigenvalue weighted by Gasteiger charge is -2.10. The van der Waals surface area contributed by atoms with Crippen molar-refractivity contribution in [2.75, 3.05) is 12.3 Å². The van der Waals surface area contributed by atoms with E-state index in [1.807, 2.05) is 0 Å². The van der Waals surface area contributed by atoms with Gasteiger partial charge in [-0.05, 0) is 6.07 Å². The number of halogens is 5. The van der Waals surface area contributed by atoms with E-state index >= 15 is 0 Å². The first-order chi connectivity index (χ1) is 9.41. The van der Waals surface area contributed by atoms with Crippen LogP contribution in [0.15, 0.2) is 12.3 Å². The number of nitrogens with zero attached hydrogens (tertiary/aromatic N) is 2. The maximum absolute atomic E-state index is 13.2. The molecule has 1 heterocycles. The molecule has 0 bridgehead atoms. The number of ether oxygens (including phenoxy) is 1. The van der Waals surface area contributed by atoms with E-state index in [-0.39, 0.29) is 19.0 Å². The van der Waals surface area contributed by atoms with Crippen molar-refractivity contribution in [3.05, 3.63) is 41.3 Å². The molecule has 0 aliphatic carbocycles. The minimum Gasteiger partial charge on any atom is -0.485 e. The molecule has 0 amide bonds. The molecule has 0 spiro atoms. The Bertz CT molecular complexity index is 614. The zero-order valence-corrected chi connectivity index (χ0v) is 9.84. The molecular formula is C11H8F5N3O. The van der Waals surface area contributed by atoms with Crippen molar-refractivity contribution in [2.24, 2.45) is 0 Å². The summed E-state index contributed by atoms with van der Waals surface area (Å²) in [6.07, 6.45) is 1.47. The van der Waals surface area contributed by atoms with Crippen molar-refractivity contribution < 1.29 is 26.7 Å². The second-order valence-electron chi connectivity index (χ2n) is 3.75. The normalized spacial score (nSPS) is 10.8. The van der Waals surface area contributed by atoms with E-state index in [4.69, 9.17) is 5.73 Å². The van der Waals surface area contributed by atoms with E-state index in [0.717, 1.165) is 0 Å². The minimum atomic E-state index is -2.23. The van der Waals surface area contributed by atoms with Crippen LogP contribution >= 0.6 is 0 Å². The smallest absolute Gasteiger partial charge is 0.206 e. The van der Waals surface area contributed by atoms with E-state index < -0.39 is 34.8 Å². The molecule has 1 aromatic heterocycles. The maximum Gasteiger partial charge on any atom is 0.206 e. The van der Waals surface area contributed by atoms with E-state index in [1.165, 1.54) is 16.9 Å². The SMILES string of the molecule is Nc1ccn(CCOc2c(F)c(F)c(F)c(F)c2F)n1. The van der Waals surface area contributed by atoms with Crippen LogP contribution in [0.3, 0.4) is 0 Å². The topological polar surface area (TPSA) is 53.1 Å². The molecule has 0 radical (unpaired) electrons. The molecule has 0 atom stereocenters. The monoisotopic (exact) mass is 293 g/mol. The molecule has 0 saturated heterocycles. The summed E-state index contributed by atoms with van der Waals surface area (Å²) >= 11 is 0. The van der Waals surface area contributed by atoms with Crippen molar-refractivity contribution >= 4 is 5.82 Å². The van der Waals surface area contributed by atoms with Gasteiger partial charge in [0.25, 0.3) is 0 Å². The minimum absolute atomic E-state index is 0.0245. The van der Waals surface area contributed by atoms with Gasteiger partial charge < -0.3 is 10.5 Å². The molecule has 0 aliphatic heterocycles. The molecule has 2 aromatic rings. The molecule has 2 N–H and O–H groups in total. The molecule has 9 heteroatoms. The van der Waals surface area contributed by atoms with Crippen molar-refractivity contribution in [2.45, 2.75) is 6.54 Å². The highest BCUT2D eigenvalue weighted by Gasteiger charge is 2.26. The molecule has 20 heavy (non-hydrogen) atoms. The van der Waals surface area contributed by atoms with Crippen molar-refractivity contribution in [1.29, 1.82) is 0 Å². The molecule has 0 aliphatic rings. The summed E-state index contributed by atoms with van der Waals surface area (Å²) in [5.74, 6) is -11.5. The van der Waals surface area contributed by atoms with Crippen molar-refractivity contribution in [3.63, 3.8) is 0 Å². The zero-order chi connectivity index (χ0) is 14.9. The summed E-state index contributed by atoms with van der Waals surface area (Å²) in [5.41, 5.74) is 5.33. The summed E-state index contributed by atoms with van der Waals surface area (Å²) in [7, 11) is 0. The number of hydrogen-bond acceptors (Lipinski definition) is 3. The van der Waals surface area contributed by atoms with Gasteiger partial charge in [0, 0.05) is 6.20 Å². The maximum atomic E-state index is 13.2. The highest BCUT2D eigenvalue weighted by Crippen LogP contribution is 2.28. The second-order valence-corrected chi connectivity index (χ2v) is 3.75. The van der Waals surface area contributed by atoms with Crippen molar-refractivity contribution in [3.8, 4) is 5.75 Å². The number of nitrogen functional groups attached to an aromatic ring is 1. The fourth-order valence-electron chi connectivity index (χ4n) is 1.45. The van der Waals surface area contributed by atoms with E-state index in [1.54, 1.807) is 0 Å². The van der Waals surface area contributed by atoms with Crippen LogP contribution in [0.5, 0.6) is 5.75 Å². The van der Waals surface area contributed by atoms with Crippen LogP contribution in [-0.2, 0) is 6.54 Å². The number of nitrogens with two attached hydrogens (primary N) is 1. The second kappa shape index (κ2) is 5.35. The first-order valence-electron chi connectivity index (χ1n) is 5.35. The highest BCUT2D eigenvalue weighted by atomic mass is 19.2. The number of aromatic nitrogens is 2. The van der Waals surface area contributed by atoms with Gasteiger partial charge in [0.05, 0.1) is 6.54 Å². The lowest BCUT2D eigenvalue weighted by molar-refractivity contribution is 0.247. The molecule has 0 unspecified atom stereocenters. The average molecular weight is 293 g/mol. The van der Waals surface area contributed by atoms with Gasteiger partial charge >= 0.3 is 0 Å². The molecule has 0 saturated carbocycles. The molecule has 4 nitrogen and oxygen atoms in total. The van der Waals surface area contributed by atoms with Gasteiger partial charge in [0.15, 0.2) is 5.75 Å². The summed E-state index contributed by atoms with van der Waals surface area (Å²) in [6, 6.07) is 1.47. The molecule has 1 aromatic carbocycles. The first kappa shape index (κ1) is 14.1. The number of anilines is 1. The Balaban J connectivity index is 2.13. The predicted molar refractivity (Wildman–Crippen MR) is 58.4 cm³/mol. The van der Waals surface area contributed by atoms with E-state index in [9.17, 15) is 22.0 Å². The summed E-state index contributed by atoms with van der Waals surface area (Å²) in [6.45, 7) is -0.323. The fourth-order valence-corrected chi connectivity index (χ4v) is 1.45. The Labute approximate surface area is 109 Å². The summed E-state index contributed by atoms with van der Waals surface area (Å²) in [5, 5.41) is 3.75. The number of rotatable bonds is 4. The largest absolute Gasteiger partial charge is 0.485 e. The van der Waals surface area contributed by atoms with Gasteiger partial charge in [0.2, 0.25) is 29.1 Å². The lowest BCUT2D eigenvalue weighted by atomic mass is 10.2. The predicted octanol–water partition coefficient (Wildman–Crippen LogP) is 2.24. The summed E-state index contributed by atoms with van der Waals surface area (Å²) in [4.78, 5) is 0. The van der Waals surface area contributed by atoms with Gasteiger partial charge in [-0.15, -0.1) is 0 Å². The fraction of sp³-hybridized carbons (Fsp3) is 0.182. The quantitative estimate of drug-likeness (QED) is 0.534. The van der Waals surface area contributed by atoms with Gasteiger partial charge in [-0.25, -0.2) is 13.2 Å². The van der Waals surface area contributed by atoms with Gasteiger partial charge in [-0.1, -0.05) is 0 Å². The molecule has 2 rings (SSSR count). The first-order valence-corrected chi connectivity index (χ1v) is 5.35. The van der Waals surface area contributed by atoms with Gasteiger partial charge in [0.1, 0.15) is 12.4 Å². The van der Waals surface area contributed by atoms with E-state index in [2.05, 4.69) is 9.84 Å². The number of benzene rings is 1. The number of hydrogen-bond donors (Lipinski definition) is 1. The average Bonchev–Trinajstić information content (AvgIpc) is 2.84. The Kier molecular flexibility index (Phi) is 3.77. The highest BCUT2D eigenvalue weighted by molar-refractivity contribution is 5.29. The van der Waals surface area contributed by atoms with Crippen LogP contribution < -0.4 is 10.5 Å². The Morgan fingerprint density at radius 2 is 1.55 bits per heavy atom. The molecule has 0 fully saturated rings.